The van der Waals surface area contributed by atoms with E-state index in [0.29, 0.717) is 24.1 Å². The van der Waals surface area contributed by atoms with E-state index in [1.165, 1.54) is 6.42 Å². The molecule has 6 heteroatoms. The summed E-state index contributed by atoms with van der Waals surface area (Å²) < 4.78 is 1.66. The van der Waals surface area contributed by atoms with Gasteiger partial charge in [0.2, 0.25) is 0 Å². The Morgan fingerprint density at radius 3 is 3.20 bits per heavy atom. The highest BCUT2D eigenvalue weighted by Crippen LogP contribution is 2.14. The van der Waals surface area contributed by atoms with Gasteiger partial charge in [0.25, 0.3) is 5.91 Å². The molecule has 2 unspecified atom stereocenters. The second kappa shape index (κ2) is 5.58. The van der Waals surface area contributed by atoms with Crippen molar-refractivity contribution in [1.29, 1.82) is 0 Å². The molecule has 106 valence electrons. The van der Waals surface area contributed by atoms with Crippen molar-refractivity contribution < 1.29 is 4.79 Å². The van der Waals surface area contributed by atoms with Crippen molar-refractivity contribution in [3.63, 3.8) is 0 Å². The van der Waals surface area contributed by atoms with Crippen LogP contribution in [0.25, 0.3) is 5.52 Å². The van der Waals surface area contributed by atoms with Crippen molar-refractivity contribution >= 4 is 11.4 Å². The first kappa shape index (κ1) is 13.1. The predicted molar refractivity (Wildman–Crippen MR) is 75.5 cm³/mol. The van der Waals surface area contributed by atoms with E-state index in [1.54, 1.807) is 29.3 Å². The van der Waals surface area contributed by atoms with E-state index >= 15 is 0 Å². The second-order valence-corrected chi connectivity index (χ2v) is 5.43. The number of rotatable bonds is 3. The van der Waals surface area contributed by atoms with Gasteiger partial charge < -0.3 is 10.6 Å². The largest absolute Gasteiger partial charge is 0.352 e. The van der Waals surface area contributed by atoms with E-state index in [1.807, 2.05) is 0 Å². The molecule has 0 bridgehead atoms. The summed E-state index contributed by atoms with van der Waals surface area (Å²) in [6, 6.07) is 0.590. The van der Waals surface area contributed by atoms with Gasteiger partial charge >= 0.3 is 0 Å². The van der Waals surface area contributed by atoms with Crippen molar-refractivity contribution in [2.24, 2.45) is 5.92 Å². The number of carbonyl (C=O) groups excluding carboxylic acids is 1. The van der Waals surface area contributed by atoms with Crippen LogP contribution in [0.4, 0.5) is 0 Å². The first-order chi connectivity index (χ1) is 9.74. The van der Waals surface area contributed by atoms with Gasteiger partial charge in [-0.15, -0.1) is 0 Å². The van der Waals surface area contributed by atoms with Crippen LogP contribution < -0.4 is 10.6 Å². The van der Waals surface area contributed by atoms with Gasteiger partial charge in [-0.25, -0.2) is 4.52 Å². The van der Waals surface area contributed by atoms with Crippen LogP contribution in [0.2, 0.25) is 0 Å². The van der Waals surface area contributed by atoms with E-state index in [4.69, 9.17) is 0 Å². The summed E-state index contributed by atoms with van der Waals surface area (Å²) in [5.41, 5.74) is 1.32. The third-order valence-electron chi connectivity index (χ3n) is 3.88. The maximum Gasteiger partial charge on any atom is 0.255 e. The molecule has 2 aromatic rings. The number of hydrogen-bond acceptors (Lipinski definition) is 4. The molecule has 1 aliphatic rings. The number of fused-ring (bicyclic) bond motifs is 1. The van der Waals surface area contributed by atoms with Crippen molar-refractivity contribution in [1.82, 2.24) is 25.2 Å². The molecule has 2 aromatic heterocycles. The predicted octanol–water partition coefficient (Wildman–Crippen LogP) is 0.847. The minimum Gasteiger partial charge on any atom is -0.352 e. The maximum absolute atomic E-state index is 12.2. The summed E-state index contributed by atoms with van der Waals surface area (Å²) in [5, 5.41) is 10.6. The fourth-order valence-corrected chi connectivity index (χ4v) is 2.57. The summed E-state index contributed by atoms with van der Waals surface area (Å²) in [4.78, 5) is 16.2. The minimum absolute atomic E-state index is 0.0772. The summed E-state index contributed by atoms with van der Waals surface area (Å²) >= 11 is 0. The first-order valence-electron chi connectivity index (χ1n) is 7.03. The lowest BCUT2D eigenvalue weighted by Crippen LogP contribution is -2.41. The molecule has 0 saturated carbocycles. The van der Waals surface area contributed by atoms with Gasteiger partial charge in [-0.1, -0.05) is 0 Å². The normalized spacial score (nSPS) is 22.9. The molecule has 20 heavy (non-hydrogen) atoms. The summed E-state index contributed by atoms with van der Waals surface area (Å²) in [7, 11) is 0. The molecular formula is C14H19N5O. The Balaban J connectivity index is 1.62. The van der Waals surface area contributed by atoms with Crippen LogP contribution >= 0.6 is 0 Å². The quantitative estimate of drug-likeness (QED) is 0.869. The number of carbonyl (C=O) groups is 1. The highest BCUT2D eigenvalue weighted by molar-refractivity contribution is 6.00. The summed E-state index contributed by atoms with van der Waals surface area (Å²) in [6.45, 7) is 3.87. The third-order valence-corrected chi connectivity index (χ3v) is 3.88. The van der Waals surface area contributed by atoms with Crippen LogP contribution in [-0.2, 0) is 0 Å². The second-order valence-electron chi connectivity index (χ2n) is 5.43. The van der Waals surface area contributed by atoms with Crippen LogP contribution in [-0.4, -0.2) is 39.6 Å². The van der Waals surface area contributed by atoms with Gasteiger partial charge in [-0.3, -0.25) is 9.78 Å². The van der Waals surface area contributed by atoms with Crippen LogP contribution in [0.3, 0.4) is 0 Å². The highest BCUT2D eigenvalue weighted by Gasteiger charge is 2.19. The van der Waals surface area contributed by atoms with E-state index in [2.05, 4.69) is 27.6 Å². The lowest BCUT2D eigenvalue weighted by Gasteiger charge is -2.27. The number of amides is 1. The van der Waals surface area contributed by atoms with E-state index < -0.39 is 0 Å². The van der Waals surface area contributed by atoms with E-state index in [-0.39, 0.29) is 5.91 Å². The maximum atomic E-state index is 12.2. The zero-order chi connectivity index (χ0) is 13.9. The Hall–Kier alpha value is -1.95. The lowest BCUT2D eigenvalue weighted by atomic mass is 9.95. The van der Waals surface area contributed by atoms with E-state index in [9.17, 15) is 4.79 Å². The molecule has 0 aliphatic carbocycles. The Morgan fingerprint density at radius 1 is 1.50 bits per heavy atom. The topological polar surface area (TPSA) is 71.3 Å². The number of hydrogen-bond donors (Lipinski definition) is 2. The van der Waals surface area contributed by atoms with Crippen LogP contribution in [0, 0.1) is 5.92 Å². The Kier molecular flexibility index (Phi) is 3.64. The van der Waals surface area contributed by atoms with Gasteiger partial charge in [0, 0.05) is 25.0 Å². The smallest absolute Gasteiger partial charge is 0.255 e. The van der Waals surface area contributed by atoms with Gasteiger partial charge in [0.1, 0.15) is 0 Å². The van der Waals surface area contributed by atoms with Gasteiger partial charge in [-0.05, 0) is 32.2 Å². The fourth-order valence-electron chi connectivity index (χ4n) is 2.57. The molecule has 1 aliphatic heterocycles. The first-order valence-corrected chi connectivity index (χ1v) is 7.03. The molecule has 3 rings (SSSR count). The fraction of sp³-hybridized carbons (Fsp3) is 0.500. The highest BCUT2D eigenvalue weighted by atomic mass is 16.1. The van der Waals surface area contributed by atoms with E-state index in [0.717, 1.165) is 18.5 Å². The van der Waals surface area contributed by atoms with Crippen LogP contribution in [0.15, 0.2) is 24.8 Å². The molecule has 1 saturated heterocycles. The lowest BCUT2D eigenvalue weighted by molar-refractivity contribution is 0.0945. The third kappa shape index (κ3) is 2.65. The molecular weight excluding hydrogens is 254 g/mol. The van der Waals surface area contributed by atoms with Gasteiger partial charge in [0.05, 0.1) is 23.5 Å². The average Bonchev–Trinajstić information content (AvgIpc) is 2.90. The molecule has 6 nitrogen and oxygen atoms in total. The minimum atomic E-state index is -0.0772. The summed E-state index contributed by atoms with van der Waals surface area (Å²) in [6.07, 6.45) is 8.96. The van der Waals surface area contributed by atoms with Crippen molar-refractivity contribution in [2.75, 3.05) is 13.1 Å². The molecule has 0 aromatic carbocycles. The van der Waals surface area contributed by atoms with Crippen molar-refractivity contribution in [3.8, 4) is 0 Å². The number of nitrogens with one attached hydrogen (secondary N) is 2. The van der Waals surface area contributed by atoms with Crippen molar-refractivity contribution in [3.05, 3.63) is 30.4 Å². The SMILES string of the molecule is CC1CCC(CNC(=O)c2cnn3ccncc23)CN1. The standard InChI is InChI=1S/C14H19N5O/c1-10-2-3-11(6-16-10)7-17-14(20)12-8-18-19-5-4-15-9-13(12)19/h4-5,8-11,16H,2-3,6-7H2,1H3,(H,17,20). The average molecular weight is 273 g/mol. The molecule has 0 spiro atoms. The van der Waals surface area contributed by atoms with Crippen LogP contribution in [0.5, 0.6) is 0 Å². The van der Waals surface area contributed by atoms with Gasteiger partial charge in [0.15, 0.2) is 0 Å². The zero-order valence-electron chi connectivity index (χ0n) is 11.5. The summed E-state index contributed by atoms with van der Waals surface area (Å²) in [5.74, 6) is 0.432. The Bertz CT molecular complexity index is 600. The Morgan fingerprint density at radius 2 is 2.40 bits per heavy atom. The monoisotopic (exact) mass is 273 g/mol. The number of piperidine rings is 1. The van der Waals surface area contributed by atoms with Crippen LogP contribution in [0.1, 0.15) is 30.1 Å². The molecule has 1 fully saturated rings. The Labute approximate surface area is 117 Å². The molecule has 3 heterocycles. The van der Waals surface area contributed by atoms with Crippen molar-refractivity contribution in [2.45, 2.75) is 25.8 Å². The number of aromatic nitrogens is 3. The molecule has 0 radical (unpaired) electrons. The van der Waals surface area contributed by atoms with Gasteiger partial charge in [-0.2, -0.15) is 5.10 Å². The molecule has 2 atom stereocenters. The number of nitrogens with zero attached hydrogens (tertiary/aromatic N) is 3. The molecule has 1 amide bonds. The zero-order valence-corrected chi connectivity index (χ0v) is 11.5. The molecule has 2 N–H and O–H groups in total.